The summed E-state index contributed by atoms with van der Waals surface area (Å²) in [5.41, 5.74) is 3.32. The van der Waals surface area contributed by atoms with E-state index >= 15 is 0 Å². The number of imidazole rings is 1. The van der Waals surface area contributed by atoms with Gasteiger partial charge in [-0.15, -0.1) is 0 Å². The van der Waals surface area contributed by atoms with Crippen LogP contribution in [0.15, 0.2) is 42.5 Å². The molecule has 4 rings (SSSR count). The largest absolute Gasteiger partial charge is 0.312 e. The summed E-state index contributed by atoms with van der Waals surface area (Å²) in [7, 11) is 0. The topological polar surface area (TPSA) is 38.1 Å². The summed E-state index contributed by atoms with van der Waals surface area (Å²) in [5.74, 6) is 0.692. The van der Waals surface area contributed by atoms with Crippen LogP contribution in [0.2, 0.25) is 0 Å². The lowest BCUT2D eigenvalue weighted by Gasteiger charge is -2.16. The van der Waals surface area contributed by atoms with Gasteiger partial charge in [-0.1, -0.05) is 0 Å². The van der Waals surface area contributed by atoms with E-state index in [1.54, 1.807) is 6.07 Å². The van der Waals surface area contributed by atoms with Crippen LogP contribution in [0.5, 0.6) is 0 Å². The molecule has 1 fully saturated rings. The van der Waals surface area contributed by atoms with Crippen molar-refractivity contribution in [3.8, 4) is 5.69 Å². The lowest BCUT2D eigenvalue weighted by Crippen LogP contribution is -2.23. The van der Waals surface area contributed by atoms with Gasteiger partial charge in [0.2, 0.25) is 5.91 Å². The fourth-order valence-corrected chi connectivity index (χ4v) is 3.20. The molecule has 5 heteroatoms. The second-order valence-electron chi connectivity index (χ2n) is 5.79. The van der Waals surface area contributed by atoms with E-state index in [0.717, 1.165) is 41.2 Å². The third-order valence-electron chi connectivity index (χ3n) is 4.28. The van der Waals surface area contributed by atoms with Crippen molar-refractivity contribution in [2.75, 3.05) is 11.4 Å². The predicted molar refractivity (Wildman–Crippen MR) is 87.4 cm³/mol. The van der Waals surface area contributed by atoms with Crippen molar-refractivity contribution in [1.82, 2.24) is 9.55 Å². The highest BCUT2D eigenvalue weighted by Crippen LogP contribution is 2.26. The van der Waals surface area contributed by atoms with Crippen LogP contribution in [-0.4, -0.2) is 22.0 Å². The van der Waals surface area contributed by atoms with Gasteiger partial charge in [0.05, 0.1) is 11.0 Å². The number of aromatic nitrogens is 2. The average Bonchev–Trinajstić information content (AvgIpc) is 3.10. The van der Waals surface area contributed by atoms with E-state index in [2.05, 4.69) is 4.98 Å². The Bertz CT molecular complexity index is 899. The molecule has 2 aromatic carbocycles. The maximum absolute atomic E-state index is 13.6. The first kappa shape index (κ1) is 13.9. The maximum Gasteiger partial charge on any atom is 0.227 e. The van der Waals surface area contributed by atoms with Crippen molar-refractivity contribution >= 4 is 22.6 Å². The molecular weight excluding hydrogens is 293 g/mol. The third-order valence-corrected chi connectivity index (χ3v) is 4.28. The highest BCUT2D eigenvalue weighted by Gasteiger charge is 2.21. The highest BCUT2D eigenvalue weighted by molar-refractivity contribution is 5.95. The Morgan fingerprint density at radius 3 is 2.52 bits per heavy atom. The summed E-state index contributed by atoms with van der Waals surface area (Å²) in [6.45, 7) is 2.67. The van der Waals surface area contributed by atoms with Crippen LogP contribution in [-0.2, 0) is 4.79 Å². The van der Waals surface area contributed by atoms with E-state index in [4.69, 9.17) is 0 Å². The second-order valence-corrected chi connectivity index (χ2v) is 5.79. The van der Waals surface area contributed by atoms with E-state index in [1.807, 2.05) is 40.7 Å². The molecule has 2 heterocycles. The van der Waals surface area contributed by atoms with Gasteiger partial charge in [-0.2, -0.15) is 0 Å². The summed E-state index contributed by atoms with van der Waals surface area (Å²) < 4.78 is 15.5. The molecule has 0 N–H and O–H groups in total. The van der Waals surface area contributed by atoms with Gasteiger partial charge in [-0.3, -0.25) is 9.36 Å². The van der Waals surface area contributed by atoms with Gasteiger partial charge in [0, 0.05) is 30.4 Å². The molecule has 1 aliphatic rings. The maximum atomic E-state index is 13.6. The van der Waals surface area contributed by atoms with Crippen molar-refractivity contribution in [3.63, 3.8) is 0 Å². The molecule has 4 nitrogen and oxygen atoms in total. The van der Waals surface area contributed by atoms with E-state index in [9.17, 15) is 9.18 Å². The number of benzene rings is 2. The van der Waals surface area contributed by atoms with E-state index < -0.39 is 0 Å². The van der Waals surface area contributed by atoms with E-state index in [-0.39, 0.29) is 11.7 Å². The first-order valence-electron chi connectivity index (χ1n) is 7.69. The van der Waals surface area contributed by atoms with Gasteiger partial charge in [0.15, 0.2) is 0 Å². The molecular formula is C18H16FN3O. The molecule has 0 atom stereocenters. The normalized spacial score (nSPS) is 14.9. The Balaban J connectivity index is 1.78. The van der Waals surface area contributed by atoms with Gasteiger partial charge >= 0.3 is 0 Å². The SMILES string of the molecule is Cc1nc2ccc(F)cc2n1-c1ccc(N2CCCC2=O)cc1. The smallest absolute Gasteiger partial charge is 0.227 e. The van der Waals surface area contributed by atoms with Crippen LogP contribution < -0.4 is 4.90 Å². The zero-order chi connectivity index (χ0) is 16.0. The summed E-state index contributed by atoms with van der Waals surface area (Å²) in [5, 5.41) is 0. The zero-order valence-corrected chi connectivity index (χ0v) is 12.8. The van der Waals surface area contributed by atoms with Crippen LogP contribution in [0.1, 0.15) is 18.7 Å². The van der Waals surface area contributed by atoms with Gasteiger partial charge in [-0.25, -0.2) is 9.37 Å². The fourth-order valence-electron chi connectivity index (χ4n) is 3.20. The number of halogens is 1. The van der Waals surface area contributed by atoms with Crippen molar-refractivity contribution in [2.45, 2.75) is 19.8 Å². The van der Waals surface area contributed by atoms with Crippen LogP contribution in [0.4, 0.5) is 10.1 Å². The molecule has 0 saturated carbocycles. The number of amides is 1. The molecule has 0 aliphatic carbocycles. The van der Waals surface area contributed by atoms with Gasteiger partial charge < -0.3 is 4.90 Å². The molecule has 0 unspecified atom stereocenters. The number of fused-ring (bicyclic) bond motifs is 1. The minimum absolute atomic E-state index is 0.170. The molecule has 0 radical (unpaired) electrons. The third kappa shape index (κ3) is 2.29. The van der Waals surface area contributed by atoms with Crippen LogP contribution >= 0.6 is 0 Å². The first-order valence-corrected chi connectivity index (χ1v) is 7.69. The number of nitrogens with zero attached hydrogens (tertiary/aromatic N) is 3. The van der Waals surface area contributed by atoms with E-state index in [1.165, 1.54) is 12.1 Å². The number of hydrogen-bond donors (Lipinski definition) is 0. The van der Waals surface area contributed by atoms with Gasteiger partial charge in [-0.05, 0) is 49.7 Å². The Kier molecular flexibility index (Phi) is 3.15. The summed E-state index contributed by atoms with van der Waals surface area (Å²) in [4.78, 5) is 18.1. The van der Waals surface area contributed by atoms with Crippen LogP contribution in [0.25, 0.3) is 16.7 Å². The molecule has 23 heavy (non-hydrogen) atoms. The highest BCUT2D eigenvalue weighted by atomic mass is 19.1. The van der Waals surface area contributed by atoms with Crippen molar-refractivity contribution < 1.29 is 9.18 Å². The number of carbonyl (C=O) groups is 1. The zero-order valence-electron chi connectivity index (χ0n) is 12.8. The molecule has 1 aliphatic heterocycles. The molecule has 116 valence electrons. The predicted octanol–water partition coefficient (Wildman–Crippen LogP) is 3.60. The Morgan fingerprint density at radius 1 is 1.09 bits per heavy atom. The van der Waals surface area contributed by atoms with Crippen molar-refractivity contribution in [2.24, 2.45) is 0 Å². The quantitative estimate of drug-likeness (QED) is 0.725. The lowest BCUT2D eigenvalue weighted by atomic mass is 10.2. The molecule has 0 spiro atoms. The Morgan fingerprint density at radius 2 is 1.83 bits per heavy atom. The first-order chi connectivity index (χ1) is 11.1. The number of carbonyl (C=O) groups excluding carboxylic acids is 1. The Labute approximate surface area is 133 Å². The standard InChI is InChI=1S/C18H16FN3O/c1-12-20-16-9-4-13(19)11-17(16)22(12)15-7-5-14(6-8-15)21-10-2-3-18(21)23/h4-9,11H,2-3,10H2,1H3. The Hall–Kier alpha value is -2.69. The molecule has 1 saturated heterocycles. The number of aryl methyl sites for hydroxylation is 1. The van der Waals surface area contributed by atoms with Gasteiger partial charge in [0.25, 0.3) is 0 Å². The van der Waals surface area contributed by atoms with Crippen LogP contribution in [0.3, 0.4) is 0 Å². The fraction of sp³-hybridized carbons (Fsp3) is 0.222. The van der Waals surface area contributed by atoms with Gasteiger partial charge in [0.1, 0.15) is 11.6 Å². The average molecular weight is 309 g/mol. The lowest BCUT2D eigenvalue weighted by molar-refractivity contribution is -0.117. The number of anilines is 1. The summed E-state index contributed by atoms with van der Waals surface area (Å²) in [6.07, 6.45) is 1.53. The second kappa shape index (κ2) is 5.19. The molecule has 1 amide bonds. The number of hydrogen-bond acceptors (Lipinski definition) is 2. The summed E-state index contributed by atoms with van der Waals surface area (Å²) >= 11 is 0. The minimum atomic E-state index is -0.280. The monoisotopic (exact) mass is 309 g/mol. The molecule has 0 bridgehead atoms. The van der Waals surface area contributed by atoms with Crippen LogP contribution in [0, 0.1) is 12.7 Å². The van der Waals surface area contributed by atoms with E-state index in [0.29, 0.717) is 6.42 Å². The summed E-state index contributed by atoms with van der Waals surface area (Å²) in [6, 6.07) is 12.4. The minimum Gasteiger partial charge on any atom is -0.312 e. The molecule has 3 aromatic rings. The van der Waals surface area contributed by atoms with Crippen molar-refractivity contribution in [1.29, 1.82) is 0 Å². The molecule has 1 aromatic heterocycles. The van der Waals surface area contributed by atoms with Crippen molar-refractivity contribution in [3.05, 3.63) is 54.1 Å². The number of rotatable bonds is 2.